The van der Waals surface area contributed by atoms with Crippen LogP contribution in [0.2, 0.25) is 0 Å². The summed E-state index contributed by atoms with van der Waals surface area (Å²) in [4.78, 5) is 0. The largest absolute Gasteiger partial charge is 0 e. The zero-order valence-corrected chi connectivity index (χ0v) is 9.41. The van der Waals surface area contributed by atoms with E-state index in [0.29, 0.717) is 0 Å². The second-order valence-corrected chi connectivity index (χ2v) is 0. The van der Waals surface area contributed by atoms with E-state index >= 15 is 0 Å². The minimum atomic E-state index is 0. The van der Waals surface area contributed by atoms with E-state index in [0.717, 1.165) is 0 Å². The van der Waals surface area contributed by atoms with E-state index in [1.807, 2.05) is 0 Å². The van der Waals surface area contributed by atoms with Crippen LogP contribution in [0.3, 0.4) is 0 Å². The van der Waals surface area contributed by atoms with Crippen LogP contribution in [0.25, 0.3) is 0 Å². The summed E-state index contributed by atoms with van der Waals surface area (Å²) in [6, 6.07) is 0. The summed E-state index contributed by atoms with van der Waals surface area (Å²) in [5, 5.41) is 0. The Bertz CT molecular complexity index is 8.00. The fraction of sp³-hybridized carbons (Fsp3) is 0. The summed E-state index contributed by atoms with van der Waals surface area (Å²) in [7, 11) is 0. The second kappa shape index (κ2) is 18.9. The summed E-state index contributed by atoms with van der Waals surface area (Å²) < 4.78 is 0. The molecule has 4 heteroatoms. The van der Waals surface area contributed by atoms with Crippen molar-refractivity contribution in [1.82, 2.24) is 0 Å². The molecule has 0 aliphatic rings. The van der Waals surface area contributed by atoms with E-state index in [1.165, 1.54) is 0 Å². The van der Waals surface area contributed by atoms with Gasteiger partial charge in [0.25, 0.3) is 0 Å². The average molecular weight is 341 g/mol. The van der Waals surface area contributed by atoms with Crippen molar-refractivity contribution in [3.05, 3.63) is 0 Å². The normalized spacial score (nSPS) is 0. The Morgan fingerprint density at radius 1 is 1.00 bits per heavy atom. The van der Waals surface area contributed by atoms with Crippen molar-refractivity contribution >= 4 is 9.90 Å². The van der Waals surface area contributed by atoms with Crippen LogP contribution >= 0.6 is 9.90 Å². The summed E-state index contributed by atoms with van der Waals surface area (Å²) in [6.45, 7) is 0. The molecule has 0 saturated heterocycles. The van der Waals surface area contributed by atoms with Gasteiger partial charge in [-0.3, -0.25) is 0 Å². The van der Waals surface area contributed by atoms with E-state index < -0.39 is 0 Å². The average Bonchev–Trinajstić information content (AvgIpc) is 0. The van der Waals surface area contributed by atoms with Crippen LogP contribution < -0.4 is 0 Å². The first-order valence-corrected chi connectivity index (χ1v) is 0. The van der Waals surface area contributed by atoms with Crippen LogP contribution in [0.1, 0.15) is 0 Å². The van der Waals surface area contributed by atoms with Gasteiger partial charge in [0.05, 0.1) is 0 Å². The molecule has 4 radical (unpaired) electrons. The van der Waals surface area contributed by atoms with Gasteiger partial charge in [-0.1, -0.05) is 0 Å². The zero-order valence-electron chi connectivity index (χ0n) is 1.85. The smallest absolute Gasteiger partial charge is 0 e. The van der Waals surface area contributed by atoms with E-state index in [9.17, 15) is 0 Å². The number of hydrogen-bond donors (Lipinski definition) is 0. The Hall–Kier alpha value is 2.21. The SMILES string of the molecule is [Ni].[P].[Re].[Zn]. The second-order valence-electron chi connectivity index (χ2n) is 0. The van der Waals surface area contributed by atoms with Gasteiger partial charge < -0.3 is 0 Å². The van der Waals surface area contributed by atoms with Crippen LogP contribution in [0.15, 0.2) is 0 Å². The molecule has 0 aliphatic carbocycles. The van der Waals surface area contributed by atoms with Gasteiger partial charge in [-0.25, -0.2) is 0 Å². The van der Waals surface area contributed by atoms with Gasteiger partial charge in [-0.05, 0) is 0 Å². The maximum Gasteiger partial charge on any atom is 0 e. The van der Waals surface area contributed by atoms with Crippen LogP contribution in [0, 0.1) is 0 Å². The van der Waals surface area contributed by atoms with Gasteiger partial charge in [0, 0.05) is 66.3 Å². The fourth-order valence-corrected chi connectivity index (χ4v) is 0. The molecule has 0 aliphatic heterocycles. The van der Waals surface area contributed by atoms with Gasteiger partial charge in [-0.15, -0.1) is 0 Å². The zero-order chi connectivity index (χ0) is 0. The van der Waals surface area contributed by atoms with Gasteiger partial charge in [0.1, 0.15) is 0 Å². The Labute approximate surface area is 65.8 Å². The summed E-state index contributed by atoms with van der Waals surface area (Å²) >= 11 is 0. The van der Waals surface area contributed by atoms with Gasteiger partial charge in [0.2, 0.25) is 0 Å². The first-order valence-electron chi connectivity index (χ1n) is 0. The van der Waals surface area contributed by atoms with Crippen molar-refractivity contribution in [2.45, 2.75) is 0 Å². The van der Waals surface area contributed by atoms with E-state index in [-0.39, 0.29) is 66.3 Å². The molecule has 0 nitrogen and oxygen atoms in total. The molecule has 0 rings (SSSR count). The number of rotatable bonds is 0. The molecule has 0 saturated carbocycles. The molecule has 0 amide bonds. The molecule has 0 heterocycles. The first kappa shape index (κ1) is 34.5. The molecule has 0 unspecified atom stereocenters. The third-order valence-corrected chi connectivity index (χ3v) is 0. The fourth-order valence-electron chi connectivity index (χ4n) is 0. The van der Waals surface area contributed by atoms with Crippen molar-refractivity contribution in [2.75, 3.05) is 0 Å². The molecule has 0 N–H and O–H groups in total. The molecule has 0 atom stereocenters. The van der Waals surface area contributed by atoms with Crippen molar-refractivity contribution in [3.63, 3.8) is 0 Å². The van der Waals surface area contributed by atoms with E-state index in [2.05, 4.69) is 0 Å². The molecule has 24 valence electrons. The van der Waals surface area contributed by atoms with Crippen LogP contribution in [0.4, 0.5) is 0 Å². The first-order chi connectivity index (χ1) is 0. The molecule has 4 heavy (non-hydrogen) atoms. The topological polar surface area (TPSA) is 0 Å². The third-order valence-electron chi connectivity index (χ3n) is 0. The molecular weight excluding hydrogens is 341 g/mol. The molecule has 0 fully saturated rings. The van der Waals surface area contributed by atoms with Crippen LogP contribution in [-0.4, -0.2) is 0 Å². The molecule has 0 spiro atoms. The third kappa shape index (κ3) is 8.88. The maximum absolute atomic E-state index is 0. The van der Waals surface area contributed by atoms with Gasteiger partial charge in [-0.2, -0.15) is 0 Å². The molecular formula is NiPReZn. The van der Waals surface area contributed by atoms with Crippen molar-refractivity contribution in [2.24, 2.45) is 0 Å². The van der Waals surface area contributed by atoms with Crippen molar-refractivity contribution < 1.29 is 56.4 Å². The van der Waals surface area contributed by atoms with E-state index in [4.69, 9.17) is 0 Å². The Balaban J connectivity index is 0. The summed E-state index contributed by atoms with van der Waals surface area (Å²) in [5.41, 5.74) is 0. The standard InChI is InChI=1S/Ni.P.Re.Zn. The maximum atomic E-state index is 0. The minimum absolute atomic E-state index is 0. The Morgan fingerprint density at radius 2 is 1.00 bits per heavy atom. The molecule has 0 aromatic rings. The molecule has 0 aromatic heterocycles. The predicted molar refractivity (Wildman–Crippen MR) is 6.92 cm³/mol. The van der Waals surface area contributed by atoms with Crippen molar-refractivity contribution in [3.8, 4) is 0 Å². The van der Waals surface area contributed by atoms with Crippen LogP contribution in [-0.2, 0) is 56.4 Å². The van der Waals surface area contributed by atoms with E-state index in [1.54, 1.807) is 0 Å². The Morgan fingerprint density at radius 3 is 1.00 bits per heavy atom. The van der Waals surface area contributed by atoms with Crippen LogP contribution in [0.5, 0.6) is 0 Å². The van der Waals surface area contributed by atoms with Gasteiger partial charge >= 0.3 is 0 Å². The minimum Gasteiger partial charge on any atom is 0 e. The monoisotopic (exact) mass is 340 g/mol. The Kier molecular flexibility index (Phi) is 163. The summed E-state index contributed by atoms with van der Waals surface area (Å²) in [6.07, 6.45) is 0. The van der Waals surface area contributed by atoms with Gasteiger partial charge in [0.15, 0.2) is 0 Å². The summed E-state index contributed by atoms with van der Waals surface area (Å²) in [5.74, 6) is 0. The van der Waals surface area contributed by atoms with Crippen molar-refractivity contribution in [1.29, 1.82) is 0 Å². The molecule has 0 aromatic carbocycles. The molecule has 0 bridgehead atoms. The number of hydrogen-bond acceptors (Lipinski definition) is 0. The predicted octanol–water partition coefficient (Wildman–Crippen LogP) is 0.854. The quantitative estimate of drug-likeness (QED) is 0.453.